The summed E-state index contributed by atoms with van der Waals surface area (Å²) >= 11 is 0. The standard InChI is InChI=1S/C8H10N2/c9-5-1-3-8-4-2-6-10-7-8/h1-6,9-10H,7H2/b3-1+,9-5?. The lowest BCUT2D eigenvalue weighted by molar-refractivity contribution is 0.941. The van der Waals surface area contributed by atoms with E-state index in [0.717, 1.165) is 6.54 Å². The van der Waals surface area contributed by atoms with Crippen molar-refractivity contribution in [3.8, 4) is 0 Å². The Hall–Kier alpha value is -1.31. The van der Waals surface area contributed by atoms with Crippen molar-refractivity contribution in [3.63, 3.8) is 0 Å². The average molecular weight is 134 g/mol. The van der Waals surface area contributed by atoms with Crippen LogP contribution in [0.4, 0.5) is 0 Å². The van der Waals surface area contributed by atoms with Gasteiger partial charge in [-0.2, -0.15) is 0 Å². The van der Waals surface area contributed by atoms with E-state index in [-0.39, 0.29) is 0 Å². The van der Waals surface area contributed by atoms with Crippen molar-refractivity contribution < 1.29 is 0 Å². The molecule has 1 aliphatic heterocycles. The van der Waals surface area contributed by atoms with Gasteiger partial charge in [-0.1, -0.05) is 12.2 Å². The first-order chi connectivity index (χ1) is 4.93. The number of hydrogen-bond donors (Lipinski definition) is 2. The summed E-state index contributed by atoms with van der Waals surface area (Å²) in [5.74, 6) is 0. The number of rotatable bonds is 2. The Morgan fingerprint density at radius 3 is 3.10 bits per heavy atom. The molecule has 0 saturated heterocycles. The van der Waals surface area contributed by atoms with Gasteiger partial charge in [0.25, 0.3) is 0 Å². The predicted molar refractivity (Wildman–Crippen MR) is 43.1 cm³/mol. The normalized spacial score (nSPS) is 16.6. The minimum absolute atomic E-state index is 0.862. The van der Waals surface area contributed by atoms with E-state index in [4.69, 9.17) is 5.41 Å². The van der Waals surface area contributed by atoms with E-state index < -0.39 is 0 Å². The molecule has 1 aliphatic rings. The molecule has 1 heterocycles. The summed E-state index contributed by atoms with van der Waals surface area (Å²) < 4.78 is 0. The molecule has 0 amide bonds. The minimum Gasteiger partial charge on any atom is -0.387 e. The summed E-state index contributed by atoms with van der Waals surface area (Å²) in [4.78, 5) is 0. The SMILES string of the molecule is N=C/C=C/C1=CC=CNC1. The van der Waals surface area contributed by atoms with Crippen LogP contribution >= 0.6 is 0 Å². The molecule has 0 bridgehead atoms. The predicted octanol–water partition coefficient (Wildman–Crippen LogP) is 1.24. The third kappa shape index (κ3) is 1.90. The maximum absolute atomic E-state index is 6.74. The molecule has 0 spiro atoms. The Labute approximate surface area is 60.5 Å². The van der Waals surface area contributed by atoms with Crippen LogP contribution in [-0.2, 0) is 0 Å². The highest BCUT2D eigenvalue weighted by Crippen LogP contribution is 1.98. The van der Waals surface area contributed by atoms with E-state index in [9.17, 15) is 0 Å². The first-order valence-electron chi connectivity index (χ1n) is 3.20. The van der Waals surface area contributed by atoms with Gasteiger partial charge in [0.05, 0.1) is 0 Å². The fourth-order valence-corrected chi connectivity index (χ4v) is 0.762. The van der Waals surface area contributed by atoms with E-state index in [2.05, 4.69) is 5.32 Å². The van der Waals surface area contributed by atoms with Gasteiger partial charge in [0, 0.05) is 12.8 Å². The van der Waals surface area contributed by atoms with Gasteiger partial charge in [-0.15, -0.1) is 0 Å². The Bertz CT molecular complexity index is 199. The van der Waals surface area contributed by atoms with Crippen LogP contribution in [0.25, 0.3) is 0 Å². The van der Waals surface area contributed by atoms with E-state index in [1.165, 1.54) is 11.8 Å². The molecule has 0 aromatic heterocycles. The number of hydrogen-bond acceptors (Lipinski definition) is 2. The molecule has 0 aliphatic carbocycles. The Kier molecular flexibility index (Phi) is 2.49. The average Bonchev–Trinajstić information content (AvgIpc) is 2.03. The summed E-state index contributed by atoms with van der Waals surface area (Å²) in [5.41, 5.74) is 1.20. The maximum atomic E-state index is 6.74. The van der Waals surface area contributed by atoms with Crippen LogP contribution in [0, 0.1) is 5.41 Å². The van der Waals surface area contributed by atoms with Gasteiger partial charge >= 0.3 is 0 Å². The third-order valence-electron chi connectivity index (χ3n) is 1.24. The zero-order chi connectivity index (χ0) is 7.23. The summed E-state index contributed by atoms with van der Waals surface area (Å²) in [6, 6.07) is 0. The number of nitrogens with one attached hydrogen (secondary N) is 2. The lowest BCUT2D eigenvalue weighted by Crippen LogP contribution is -2.10. The number of allylic oxidation sites excluding steroid dienone is 3. The van der Waals surface area contributed by atoms with Crippen LogP contribution < -0.4 is 5.32 Å². The van der Waals surface area contributed by atoms with Gasteiger partial charge in [-0.05, 0) is 23.9 Å². The van der Waals surface area contributed by atoms with Crippen molar-refractivity contribution in [1.29, 1.82) is 5.41 Å². The van der Waals surface area contributed by atoms with Crippen LogP contribution in [0.5, 0.6) is 0 Å². The highest BCUT2D eigenvalue weighted by molar-refractivity contribution is 5.68. The zero-order valence-corrected chi connectivity index (χ0v) is 5.67. The van der Waals surface area contributed by atoms with E-state index in [1.54, 1.807) is 6.08 Å². The van der Waals surface area contributed by atoms with E-state index in [1.807, 2.05) is 24.4 Å². The van der Waals surface area contributed by atoms with Gasteiger partial charge in [-0.25, -0.2) is 0 Å². The molecular weight excluding hydrogens is 124 g/mol. The summed E-state index contributed by atoms with van der Waals surface area (Å²) in [7, 11) is 0. The minimum atomic E-state index is 0.862. The summed E-state index contributed by atoms with van der Waals surface area (Å²) in [6.45, 7) is 0.862. The molecular formula is C8H10N2. The smallest absolute Gasteiger partial charge is 0.0395 e. The molecule has 2 nitrogen and oxygen atoms in total. The van der Waals surface area contributed by atoms with Gasteiger partial charge in [-0.3, -0.25) is 0 Å². The summed E-state index contributed by atoms with van der Waals surface area (Å²) in [5, 5.41) is 9.81. The van der Waals surface area contributed by atoms with Gasteiger partial charge in [0.1, 0.15) is 0 Å². The number of dihydropyridines is 1. The maximum Gasteiger partial charge on any atom is 0.0395 e. The van der Waals surface area contributed by atoms with E-state index >= 15 is 0 Å². The molecule has 1 rings (SSSR count). The van der Waals surface area contributed by atoms with Crippen LogP contribution in [-0.4, -0.2) is 12.8 Å². The molecule has 2 heteroatoms. The second-order valence-electron chi connectivity index (χ2n) is 2.01. The zero-order valence-electron chi connectivity index (χ0n) is 5.67. The molecule has 0 fully saturated rings. The third-order valence-corrected chi connectivity index (χ3v) is 1.24. The second kappa shape index (κ2) is 3.67. The Balaban J connectivity index is 2.54. The van der Waals surface area contributed by atoms with Crippen LogP contribution in [0.1, 0.15) is 0 Å². The lowest BCUT2D eigenvalue weighted by atomic mass is 10.2. The van der Waals surface area contributed by atoms with Crippen molar-refractivity contribution in [2.24, 2.45) is 0 Å². The van der Waals surface area contributed by atoms with Crippen LogP contribution in [0.15, 0.2) is 36.1 Å². The Morgan fingerprint density at radius 1 is 1.60 bits per heavy atom. The fourth-order valence-electron chi connectivity index (χ4n) is 0.762. The summed E-state index contributed by atoms with van der Waals surface area (Å²) in [6.07, 6.45) is 10.8. The van der Waals surface area contributed by atoms with Crippen molar-refractivity contribution >= 4 is 6.21 Å². The molecule has 0 radical (unpaired) electrons. The monoisotopic (exact) mass is 134 g/mol. The first-order valence-corrected chi connectivity index (χ1v) is 3.20. The molecule has 0 atom stereocenters. The molecule has 10 heavy (non-hydrogen) atoms. The van der Waals surface area contributed by atoms with Gasteiger partial charge < -0.3 is 10.7 Å². The van der Waals surface area contributed by atoms with Crippen molar-refractivity contribution in [2.45, 2.75) is 0 Å². The van der Waals surface area contributed by atoms with E-state index in [0.29, 0.717) is 0 Å². The van der Waals surface area contributed by atoms with Crippen molar-refractivity contribution in [1.82, 2.24) is 5.32 Å². The van der Waals surface area contributed by atoms with Gasteiger partial charge in [0.2, 0.25) is 0 Å². The molecule has 0 unspecified atom stereocenters. The second-order valence-corrected chi connectivity index (χ2v) is 2.01. The Morgan fingerprint density at radius 2 is 2.50 bits per heavy atom. The quantitative estimate of drug-likeness (QED) is 0.547. The topological polar surface area (TPSA) is 35.9 Å². The largest absolute Gasteiger partial charge is 0.387 e. The molecule has 0 aromatic rings. The molecule has 2 N–H and O–H groups in total. The van der Waals surface area contributed by atoms with Crippen molar-refractivity contribution in [3.05, 3.63) is 36.1 Å². The fraction of sp³-hybridized carbons (Fsp3) is 0.125. The molecule has 52 valence electrons. The van der Waals surface area contributed by atoms with Crippen molar-refractivity contribution in [2.75, 3.05) is 6.54 Å². The van der Waals surface area contributed by atoms with Crippen LogP contribution in [0.2, 0.25) is 0 Å². The first kappa shape index (κ1) is 6.81. The van der Waals surface area contributed by atoms with Gasteiger partial charge in [0.15, 0.2) is 0 Å². The lowest BCUT2D eigenvalue weighted by Gasteiger charge is -2.04. The molecule has 0 aromatic carbocycles. The van der Waals surface area contributed by atoms with Crippen LogP contribution in [0.3, 0.4) is 0 Å². The highest BCUT2D eigenvalue weighted by atomic mass is 14.8. The molecule has 0 saturated carbocycles. The highest BCUT2D eigenvalue weighted by Gasteiger charge is 1.90.